The van der Waals surface area contributed by atoms with Gasteiger partial charge in [0.2, 0.25) is 0 Å². The predicted molar refractivity (Wildman–Crippen MR) is 77.6 cm³/mol. The highest BCUT2D eigenvalue weighted by Gasteiger charge is 2.02. The van der Waals surface area contributed by atoms with Crippen LogP contribution in [0.1, 0.15) is 24.0 Å². The number of hydrogen-bond donors (Lipinski definition) is 1. The predicted octanol–water partition coefficient (Wildman–Crippen LogP) is 2.83. The van der Waals surface area contributed by atoms with E-state index in [1.165, 1.54) is 6.07 Å². The summed E-state index contributed by atoms with van der Waals surface area (Å²) in [5, 5.41) is 8.61. The van der Waals surface area contributed by atoms with E-state index in [9.17, 15) is 4.39 Å². The SMILES string of the molecule is COCCCSCc1ccc(C#CCCO)cc1F. The second kappa shape index (κ2) is 9.85. The number of rotatable bonds is 7. The molecule has 2 nitrogen and oxygen atoms in total. The summed E-state index contributed by atoms with van der Waals surface area (Å²) in [6.07, 6.45) is 1.40. The zero-order valence-electron chi connectivity index (χ0n) is 11.1. The molecule has 0 aromatic heterocycles. The fraction of sp³-hybridized carbons (Fsp3) is 0.467. The van der Waals surface area contributed by atoms with E-state index in [2.05, 4.69) is 11.8 Å². The molecule has 0 amide bonds. The Morgan fingerprint density at radius 3 is 2.95 bits per heavy atom. The van der Waals surface area contributed by atoms with Crippen molar-refractivity contribution in [1.29, 1.82) is 0 Å². The summed E-state index contributed by atoms with van der Waals surface area (Å²) in [5.74, 6) is 7.02. The van der Waals surface area contributed by atoms with E-state index in [0.29, 0.717) is 23.3 Å². The smallest absolute Gasteiger partial charge is 0.128 e. The summed E-state index contributed by atoms with van der Waals surface area (Å²) < 4.78 is 18.7. The molecule has 0 saturated heterocycles. The number of ether oxygens (including phenoxy) is 1. The number of hydrogen-bond acceptors (Lipinski definition) is 3. The third kappa shape index (κ3) is 6.63. The van der Waals surface area contributed by atoms with Crippen molar-refractivity contribution >= 4 is 11.8 Å². The van der Waals surface area contributed by atoms with Crippen LogP contribution in [0, 0.1) is 17.7 Å². The summed E-state index contributed by atoms with van der Waals surface area (Å²) >= 11 is 1.70. The first-order valence-electron chi connectivity index (χ1n) is 6.22. The highest BCUT2D eigenvalue weighted by molar-refractivity contribution is 7.98. The van der Waals surface area contributed by atoms with Crippen LogP contribution in [0.2, 0.25) is 0 Å². The van der Waals surface area contributed by atoms with Crippen LogP contribution in [0.4, 0.5) is 4.39 Å². The van der Waals surface area contributed by atoms with Crippen LogP contribution in [0.5, 0.6) is 0 Å². The van der Waals surface area contributed by atoms with Gasteiger partial charge < -0.3 is 9.84 Å². The second-order valence-corrected chi connectivity index (χ2v) is 5.09. The number of aliphatic hydroxyl groups is 1. The average molecular weight is 282 g/mol. The molecule has 0 heterocycles. The number of thioether (sulfide) groups is 1. The van der Waals surface area contributed by atoms with Crippen molar-refractivity contribution in [2.24, 2.45) is 0 Å². The first-order valence-corrected chi connectivity index (χ1v) is 7.38. The van der Waals surface area contributed by atoms with Crippen molar-refractivity contribution in [3.8, 4) is 11.8 Å². The summed E-state index contributed by atoms with van der Waals surface area (Å²) in [7, 11) is 1.68. The van der Waals surface area contributed by atoms with Gasteiger partial charge in [0.05, 0.1) is 6.61 Å². The van der Waals surface area contributed by atoms with Gasteiger partial charge in [-0.3, -0.25) is 0 Å². The third-order valence-electron chi connectivity index (χ3n) is 2.42. The monoisotopic (exact) mass is 282 g/mol. The largest absolute Gasteiger partial charge is 0.395 e. The minimum atomic E-state index is -0.213. The lowest BCUT2D eigenvalue weighted by atomic mass is 10.1. The minimum Gasteiger partial charge on any atom is -0.395 e. The number of methoxy groups -OCH3 is 1. The normalized spacial score (nSPS) is 10.1. The van der Waals surface area contributed by atoms with Crippen molar-refractivity contribution in [3.63, 3.8) is 0 Å². The molecule has 0 aliphatic heterocycles. The van der Waals surface area contributed by atoms with Crippen LogP contribution >= 0.6 is 11.8 Å². The summed E-state index contributed by atoms with van der Waals surface area (Å²) in [5.41, 5.74) is 1.36. The summed E-state index contributed by atoms with van der Waals surface area (Å²) in [4.78, 5) is 0. The Hall–Kier alpha value is -1.02. The Morgan fingerprint density at radius 2 is 2.26 bits per heavy atom. The van der Waals surface area contributed by atoms with Gasteiger partial charge in [0.1, 0.15) is 5.82 Å². The molecule has 0 unspecified atom stereocenters. The van der Waals surface area contributed by atoms with Gasteiger partial charge in [-0.05, 0) is 29.9 Å². The first kappa shape index (κ1) is 16.0. The van der Waals surface area contributed by atoms with Crippen molar-refractivity contribution in [2.75, 3.05) is 26.1 Å². The van der Waals surface area contributed by atoms with E-state index in [0.717, 1.165) is 18.8 Å². The Kier molecular flexibility index (Phi) is 8.31. The van der Waals surface area contributed by atoms with Gasteiger partial charge in [-0.15, -0.1) is 0 Å². The van der Waals surface area contributed by atoms with E-state index in [1.54, 1.807) is 24.9 Å². The van der Waals surface area contributed by atoms with E-state index < -0.39 is 0 Å². The van der Waals surface area contributed by atoms with Gasteiger partial charge in [0.25, 0.3) is 0 Å². The molecule has 0 bridgehead atoms. The maximum absolute atomic E-state index is 13.8. The Bertz CT molecular complexity index is 438. The number of aliphatic hydroxyl groups excluding tert-OH is 1. The first-order chi connectivity index (χ1) is 9.27. The Morgan fingerprint density at radius 1 is 1.42 bits per heavy atom. The van der Waals surface area contributed by atoms with Gasteiger partial charge in [-0.2, -0.15) is 11.8 Å². The van der Waals surface area contributed by atoms with Crippen LogP contribution in [-0.2, 0) is 10.5 Å². The zero-order valence-corrected chi connectivity index (χ0v) is 11.9. The van der Waals surface area contributed by atoms with E-state index in [1.807, 2.05) is 6.07 Å². The molecule has 0 aliphatic rings. The number of benzene rings is 1. The van der Waals surface area contributed by atoms with Gasteiger partial charge in [0, 0.05) is 31.5 Å². The molecule has 0 radical (unpaired) electrons. The zero-order chi connectivity index (χ0) is 13.9. The molecule has 0 saturated carbocycles. The third-order valence-corrected chi connectivity index (χ3v) is 3.51. The standard InChI is InChI=1S/C15H19FO2S/c1-18-9-4-10-19-12-14-7-6-13(11-15(14)16)5-2-3-8-17/h6-7,11,17H,3-4,8-10,12H2,1H3. The minimum absolute atomic E-state index is 0.0334. The molecule has 1 aromatic rings. The van der Waals surface area contributed by atoms with Crippen molar-refractivity contribution in [2.45, 2.75) is 18.6 Å². The molecule has 0 atom stereocenters. The lowest BCUT2D eigenvalue weighted by Crippen LogP contribution is -1.93. The van der Waals surface area contributed by atoms with Crippen LogP contribution in [-0.4, -0.2) is 31.2 Å². The van der Waals surface area contributed by atoms with Gasteiger partial charge in [-0.25, -0.2) is 4.39 Å². The molecule has 1 aromatic carbocycles. The van der Waals surface area contributed by atoms with Crippen LogP contribution in [0.25, 0.3) is 0 Å². The molecule has 4 heteroatoms. The average Bonchev–Trinajstić information content (AvgIpc) is 2.41. The van der Waals surface area contributed by atoms with Gasteiger partial charge >= 0.3 is 0 Å². The molecule has 1 N–H and O–H groups in total. The van der Waals surface area contributed by atoms with E-state index in [4.69, 9.17) is 9.84 Å². The van der Waals surface area contributed by atoms with E-state index >= 15 is 0 Å². The van der Waals surface area contributed by atoms with Crippen LogP contribution in [0.3, 0.4) is 0 Å². The maximum atomic E-state index is 13.8. The van der Waals surface area contributed by atoms with Crippen LogP contribution < -0.4 is 0 Å². The fourth-order valence-corrected chi connectivity index (χ4v) is 2.37. The topological polar surface area (TPSA) is 29.5 Å². The molecule has 0 fully saturated rings. The Balaban J connectivity index is 2.46. The highest BCUT2D eigenvalue weighted by Crippen LogP contribution is 2.17. The second-order valence-electron chi connectivity index (χ2n) is 3.98. The lowest BCUT2D eigenvalue weighted by Gasteiger charge is -2.04. The van der Waals surface area contributed by atoms with E-state index in [-0.39, 0.29) is 12.4 Å². The molecular formula is C15H19FO2S. The quantitative estimate of drug-likeness (QED) is 0.616. The van der Waals surface area contributed by atoms with Crippen molar-refractivity contribution < 1.29 is 14.2 Å². The highest BCUT2D eigenvalue weighted by atomic mass is 32.2. The molecule has 1 rings (SSSR count). The molecular weight excluding hydrogens is 263 g/mol. The van der Waals surface area contributed by atoms with Gasteiger partial charge in [0.15, 0.2) is 0 Å². The summed E-state index contributed by atoms with van der Waals surface area (Å²) in [6, 6.07) is 5.05. The molecule has 104 valence electrons. The van der Waals surface area contributed by atoms with Gasteiger partial charge in [-0.1, -0.05) is 17.9 Å². The fourth-order valence-electron chi connectivity index (χ4n) is 1.45. The summed E-state index contributed by atoms with van der Waals surface area (Å²) in [6.45, 7) is 0.778. The Labute approximate surface area is 118 Å². The maximum Gasteiger partial charge on any atom is 0.128 e. The lowest BCUT2D eigenvalue weighted by molar-refractivity contribution is 0.200. The molecule has 19 heavy (non-hydrogen) atoms. The van der Waals surface area contributed by atoms with Crippen molar-refractivity contribution in [3.05, 3.63) is 35.1 Å². The molecule has 0 spiro atoms. The molecule has 0 aliphatic carbocycles. The van der Waals surface area contributed by atoms with Crippen LogP contribution in [0.15, 0.2) is 18.2 Å². The number of halogens is 1. The van der Waals surface area contributed by atoms with Crippen molar-refractivity contribution in [1.82, 2.24) is 0 Å².